The van der Waals surface area contributed by atoms with Crippen molar-refractivity contribution >= 4 is 51.4 Å². The second-order valence-electron chi connectivity index (χ2n) is 5.95. The number of aliphatic carboxylic acids is 1. The van der Waals surface area contributed by atoms with E-state index in [0.717, 1.165) is 17.0 Å². The summed E-state index contributed by atoms with van der Waals surface area (Å²) >= 11 is 2.70. The lowest BCUT2D eigenvalue weighted by atomic mass is 10.2. The van der Waals surface area contributed by atoms with Gasteiger partial charge >= 0.3 is 5.97 Å². The van der Waals surface area contributed by atoms with Crippen molar-refractivity contribution in [1.82, 2.24) is 15.1 Å². The number of aromatic nitrogens is 2. The summed E-state index contributed by atoms with van der Waals surface area (Å²) in [5.41, 5.74) is 0.787. The second kappa shape index (κ2) is 9.66. The summed E-state index contributed by atoms with van der Waals surface area (Å²) in [5.74, 6) is -0.476. The van der Waals surface area contributed by atoms with Crippen LogP contribution < -0.4 is 4.74 Å². The van der Waals surface area contributed by atoms with Gasteiger partial charge in [0.05, 0.1) is 17.9 Å². The monoisotopic (exact) mass is 432 g/mol. The van der Waals surface area contributed by atoms with E-state index < -0.39 is 5.97 Å². The predicted octanol–water partition coefficient (Wildman–Crippen LogP) is 3.58. The number of carboxylic acids is 1. The molecule has 0 bridgehead atoms. The molecule has 1 amide bonds. The maximum Gasteiger partial charge on any atom is 0.306 e. The predicted molar refractivity (Wildman–Crippen MR) is 114 cm³/mol. The van der Waals surface area contributed by atoms with E-state index in [4.69, 9.17) is 9.84 Å². The molecule has 1 aromatic heterocycles. The lowest BCUT2D eigenvalue weighted by Gasteiger charge is -2.11. The first-order valence-electron chi connectivity index (χ1n) is 9.07. The Morgan fingerprint density at radius 2 is 2.17 bits per heavy atom. The second-order valence-corrected chi connectivity index (χ2v) is 8.00. The summed E-state index contributed by atoms with van der Waals surface area (Å²) in [4.78, 5) is 30.0. The smallest absolute Gasteiger partial charge is 0.306 e. The number of carbonyl (C=O) groups excluding carboxylic acids is 1. The number of carbonyl (C=O) groups is 2. The molecular weight excluding hydrogens is 412 g/mol. The van der Waals surface area contributed by atoms with E-state index in [-0.39, 0.29) is 18.9 Å². The summed E-state index contributed by atoms with van der Waals surface area (Å²) in [7, 11) is 0. The van der Waals surface area contributed by atoms with Crippen molar-refractivity contribution in [1.29, 1.82) is 0 Å². The molecular formula is C19H20N4O4S2. The van der Waals surface area contributed by atoms with Crippen LogP contribution in [0.1, 0.15) is 30.8 Å². The number of rotatable bonds is 8. The van der Waals surface area contributed by atoms with Gasteiger partial charge in [0.15, 0.2) is 5.17 Å². The summed E-state index contributed by atoms with van der Waals surface area (Å²) in [5, 5.41) is 18.8. The molecule has 0 aliphatic carbocycles. The third-order valence-electron chi connectivity index (χ3n) is 3.89. The summed E-state index contributed by atoms with van der Waals surface area (Å²) < 4.78 is 5.45. The van der Waals surface area contributed by atoms with Crippen LogP contribution in [0.3, 0.4) is 0 Å². The zero-order valence-corrected chi connectivity index (χ0v) is 17.6. The number of thioether (sulfide) groups is 1. The number of ether oxygens (including phenoxy) is 1. The molecule has 29 heavy (non-hydrogen) atoms. The fourth-order valence-electron chi connectivity index (χ4n) is 2.49. The summed E-state index contributed by atoms with van der Waals surface area (Å²) in [6.07, 6.45) is 2.50. The molecule has 2 aromatic rings. The van der Waals surface area contributed by atoms with Gasteiger partial charge in [0.1, 0.15) is 10.8 Å². The fourth-order valence-corrected chi connectivity index (χ4v) is 4.24. The van der Waals surface area contributed by atoms with Gasteiger partial charge in [0.2, 0.25) is 5.13 Å². The normalized spacial score (nSPS) is 16.8. The molecule has 3 rings (SSSR count). The Kier molecular flexibility index (Phi) is 6.99. The molecule has 0 unspecified atom stereocenters. The average Bonchev–Trinajstić information content (AvgIpc) is 3.26. The minimum Gasteiger partial charge on any atom is -0.493 e. The van der Waals surface area contributed by atoms with Crippen molar-refractivity contribution in [2.45, 2.75) is 26.7 Å². The highest BCUT2D eigenvalue weighted by atomic mass is 32.2. The van der Waals surface area contributed by atoms with Gasteiger partial charge in [-0.3, -0.25) is 14.5 Å². The molecule has 8 nitrogen and oxygen atoms in total. The van der Waals surface area contributed by atoms with Crippen LogP contribution in [0.25, 0.3) is 6.08 Å². The van der Waals surface area contributed by atoms with E-state index in [1.165, 1.54) is 23.1 Å². The molecule has 0 spiro atoms. The first-order chi connectivity index (χ1) is 14.0. The number of amides is 1. The Morgan fingerprint density at radius 1 is 1.34 bits per heavy atom. The van der Waals surface area contributed by atoms with Gasteiger partial charge in [0.25, 0.3) is 5.91 Å². The van der Waals surface area contributed by atoms with Crippen LogP contribution in [0.2, 0.25) is 0 Å². The van der Waals surface area contributed by atoms with Crippen molar-refractivity contribution in [3.63, 3.8) is 0 Å². The van der Waals surface area contributed by atoms with E-state index in [9.17, 15) is 9.59 Å². The summed E-state index contributed by atoms with van der Waals surface area (Å²) in [6, 6.07) is 7.17. The molecule has 0 atom stereocenters. The molecule has 1 N–H and O–H groups in total. The zero-order valence-electron chi connectivity index (χ0n) is 16.0. The minimum absolute atomic E-state index is 0.0731. The highest BCUT2D eigenvalue weighted by Gasteiger charge is 2.32. The SMILES string of the molecule is CCc1nnc(/N=C2/S/C(=C/c3cccc(OCCC(=O)O)c3)C(=O)N2CC)s1. The topological polar surface area (TPSA) is 105 Å². The molecule has 1 aliphatic heterocycles. The van der Waals surface area contributed by atoms with Crippen LogP contribution in [-0.4, -0.2) is 50.4 Å². The van der Waals surface area contributed by atoms with Gasteiger partial charge in [-0.25, -0.2) is 0 Å². The van der Waals surface area contributed by atoms with Crippen LogP contribution in [0, 0.1) is 0 Å². The average molecular weight is 433 g/mol. The van der Waals surface area contributed by atoms with Crippen LogP contribution in [0.4, 0.5) is 5.13 Å². The lowest BCUT2D eigenvalue weighted by Crippen LogP contribution is -2.28. The maximum atomic E-state index is 12.8. The maximum absolute atomic E-state index is 12.8. The molecule has 0 radical (unpaired) electrons. The van der Waals surface area contributed by atoms with E-state index >= 15 is 0 Å². The lowest BCUT2D eigenvalue weighted by molar-refractivity contribution is -0.137. The third kappa shape index (κ3) is 5.42. The number of nitrogens with zero attached hydrogens (tertiary/aromatic N) is 4. The number of aliphatic imine (C=N–C) groups is 1. The Hall–Kier alpha value is -2.72. The van der Waals surface area contributed by atoms with E-state index in [1.807, 2.05) is 19.9 Å². The number of hydrogen-bond acceptors (Lipinski definition) is 8. The first-order valence-corrected chi connectivity index (χ1v) is 10.7. The van der Waals surface area contributed by atoms with Crippen LogP contribution >= 0.6 is 23.1 Å². The molecule has 10 heteroatoms. The van der Waals surface area contributed by atoms with Crippen molar-refractivity contribution in [2.75, 3.05) is 13.2 Å². The molecule has 1 saturated heterocycles. The number of amidine groups is 1. The summed E-state index contributed by atoms with van der Waals surface area (Å²) in [6.45, 7) is 4.49. The highest BCUT2D eigenvalue weighted by Crippen LogP contribution is 2.34. The number of aryl methyl sites for hydroxylation is 1. The molecule has 1 fully saturated rings. The fraction of sp³-hybridized carbons (Fsp3) is 0.316. The van der Waals surface area contributed by atoms with Crippen molar-refractivity contribution in [2.24, 2.45) is 4.99 Å². The Labute approximate surface area is 176 Å². The molecule has 1 aromatic carbocycles. The van der Waals surface area contributed by atoms with Gasteiger partial charge in [-0.05, 0) is 48.9 Å². The van der Waals surface area contributed by atoms with Crippen LogP contribution in [-0.2, 0) is 16.0 Å². The minimum atomic E-state index is -0.913. The molecule has 2 heterocycles. The van der Waals surface area contributed by atoms with Gasteiger partial charge in [-0.2, -0.15) is 4.99 Å². The van der Waals surface area contributed by atoms with Crippen molar-refractivity contribution < 1.29 is 19.4 Å². The Morgan fingerprint density at radius 3 is 2.86 bits per heavy atom. The van der Waals surface area contributed by atoms with E-state index in [0.29, 0.717) is 27.5 Å². The first kappa shape index (κ1) is 21.0. The number of hydrogen-bond donors (Lipinski definition) is 1. The van der Waals surface area contributed by atoms with Crippen LogP contribution in [0.5, 0.6) is 5.75 Å². The Balaban J connectivity index is 1.79. The largest absolute Gasteiger partial charge is 0.493 e. The number of likely N-dealkylation sites (N-methyl/N-ethyl adjacent to an activating group) is 1. The van der Waals surface area contributed by atoms with Gasteiger partial charge < -0.3 is 9.84 Å². The molecule has 0 saturated carbocycles. The van der Waals surface area contributed by atoms with Gasteiger partial charge in [-0.1, -0.05) is 30.4 Å². The van der Waals surface area contributed by atoms with Crippen molar-refractivity contribution in [3.8, 4) is 5.75 Å². The standard InChI is InChI=1S/C19H20N4O4S2/c1-3-15-21-22-18(29-15)20-19-23(4-2)17(26)14(28-19)11-12-6-5-7-13(10-12)27-9-8-16(24)25/h5-7,10-11H,3-4,8-9H2,1-2H3,(H,24,25)/b14-11+,20-19+. The van der Waals surface area contributed by atoms with E-state index in [1.54, 1.807) is 29.2 Å². The molecule has 152 valence electrons. The Bertz CT molecular complexity index is 971. The third-order valence-corrected chi connectivity index (χ3v) is 5.86. The van der Waals surface area contributed by atoms with E-state index in [2.05, 4.69) is 15.2 Å². The van der Waals surface area contributed by atoms with Crippen molar-refractivity contribution in [3.05, 3.63) is 39.7 Å². The van der Waals surface area contributed by atoms with Gasteiger partial charge in [-0.15, -0.1) is 10.2 Å². The number of carboxylic acid groups (broad SMARTS) is 1. The quantitative estimate of drug-likeness (QED) is 0.636. The van der Waals surface area contributed by atoms with Crippen LogP contribution in [0.15, 0.2) is 34.2 Å². The highest BCUT2D eigenvalue weighted by molar-refractivity contribution is 8.18. The van der Waals surface area contributed by atoms with Gasteiger partial charge in [0, 0.05) is 6.54 Å². The zero-order chi connectivity index (χ0) is 20.8. The number of benzene rings is 1. The molecule has 1 aliphatic rings.